The van der Waals surface area contributed by atoms with Gasteiger partial charge in [-0.25, -0.2) is 4.98 Å². The van der Waals surface area contributed by atoms with Crippen LogP contribution in [0.3, 0.4) is 0 Å². The van der Waals surface area contributed by atoms with Crippen molar-refractivity contribution in [1.29, 1.82) is 0 Å². The van der Waals surface area contributed by atoms with Crippen molar-refractivity contribution < 1.29 is 9.59 Å². The highest BCUT2D eigenvalue weighted by Crippen LogP contribution is 2.17. The Kier molecular flexibility index (Phi) is 4.26. The number of aromatic amines is 1. The Morgan fingerprint density at radius 3 is 2.57 bits per heavy atom. The molecule has 0 fully saturated rings. The molecule has 2 amide bonds. The Morgan fingerprint density at radius 1 is 1.19 bits per heavy atom. The summed E-state index contributed by atoms with van der Waals surface area (Å²) in [6.07, 6.45) is 0.380. The molecule has 2 rings (SSSR count). The molecular formula is C15H20N4O2. The second-order valence-corrected chi connectivity index (χ2v) is 6.16. The molecule has 112 valence electrons. The van der Waals surface area contributed by atoms with E-state index in [-0.39, 0.29) is 23.8 Å². The lowest BCUT2D eigenvalue weighted by Crippen LogP contribution is -2.34. The summed E-state index contributed by atoms with van der Waals surface area (Å²) < 4.78 is 0. The number of para-hydroxylation sites is 2. The quantitative estimate of drug-likeness (QED) is 0.804. The fourth-order valence-corrected chi connectivity index (χ4v) is 1.91. The molecule has 1 aromatic heterocycles. The van der Waals surface area contributed by atoms with Gasteiger partial charge in [0.1, 0.15) is 0 Å². The van der Waals surface area contributed by atoms with Crippen molar-refractivity contribution in [1.82, 2.24) is 15.3 Å². The maximum atomic E-state index is 11.8. The van der Waals surface area contributed by atoms with Crippen molar-refractivity contribution >= 4 is 28.8 Å². The van der Waals surface area contributed by atoms with Crippen LogP contribution in [-0.4, -0.2) is 28.3 Å². The van der Waals surface area contributed by atoms with Gasteiger partial charge in [0.2, 0.25) is 17.8 Å². The smallest absolute Gasteiger partial charge is 0.246 e. The van der Waals surface area contributed by atoms with Crippen molar-refractivity contribution in [3.05, 3.63) is 24.3 Å². The standard InChI is InChI=1S/C15H20N4O2/c1-15(2,3)8-12(20)16-9-13(21)19-14-17-10-6-4-5-7-11(10)18-14/h4-7H,8-9H2,1-3H3,(H,16,20)(H2,17,18,19,21). The molecule has 0 saturated heterocycles. The molecule has 0 spiro atoms. The van der Waals surface area contributed by atoms with Crippen molar-refractivity contribution in [2.24, 2.45) is 5.41 Å². The zero-order valence-corrected chi connectivity index (χ0v) is 12.5. The Balaban J connectivity index is 1.86. The number of anilines is 1. The number of aromatic nitrogens is 2. The number of amides is 2. The minimum absolute atomic E-state index is 0.0635. The molecule has 2 aromatic rings. The van der Waals surface area contributed by atoms with Gasteiger partial charge in [-0.3, -0.25) is 14.9 Å². The van der Waals surface area contributed by atoms with Crippen LogP contribution in [0.5, 0.6) is 0 Å². The third-order valence-electron chi connectivity index (χ3n) is 2.78. The summed E-state index contributed by atoms with van der Waals surface area (Å²) in [5.74, 6) is -0.0650. The second kappa shape index (κ2) is 5.95. The maximum absolute atomic E-state index is 11.8. The highest BCUT2D eigenvalue weighted by atomic mass is 16.2. The minimum Gasteiger partial charge on any atom is -0.347 e. The van der Waals surface area contributed by atoms with E-state index in [0.717, 1.165) is 11.0 Å². The number of hydrogen-bond donors (Lipinski definition) is 3. The van der Waals surface area contributed by atoms with E-state index in [0.29, 0.717) is 12.4 Å². The number of carbonyl (C=O) groups is 2. The average molecular weight is 288 g/mol. The zero-order valence-electron chi connectivity index (χ0n) is 12.5. The lowest BCUT2D eigenvalue weighted by molar-refractivity contribution is -0.125. The molecule has 1 aromatic carbocycles. The van der Waals surface area contributed by atoms with Crippen molar-refractivity contribution in [2.75, 3.05) is 11.9 Å². The fourth-order valence-electron chi connectivity index (χ4n) is 1.91. The largest absolute Gasteiger partial charge is 0.347 e. The summed E-state index contributed by atoms with van der Waals surface area (Å²) in [4.78, 5) is 30.7. The average Bonchev–Trinajstić information content (AvgIpc) is 2.76. The lowest BCUT2D eigenvalue weighted by Gasteiger charge is -2.16. The number of carbonyl (C=O) groups excluding carboxylic acids is 2. The highest BCUT2D eigenvalue weighted by Gasteiger charge is 2.16. The van der Waals surface area contributed by atoms with Crippen LogP contribution in [0.1, 0.15) is 27.2 Å². The van der Waals surface area contributed by atoms with Gasteiger partial charge in [0.25, 0.3) is 0 Å². The van der Waals surface area contributed by atoms with Crippen LogP contribution in [0.25, 0.3) is 11.0 Å². The van der Waals surface area contributed by atoms with Crippen LogP contribution >= 0.6 is 0 Å². The molecule has 0 aliphatic carbocycles. The Bertz CT molecular complexity index is 622. The second-order valence-electron chi connectivity index (χ2n) is 6.16. The van der Waals surface area contributed by atoms with E-state index in [4.69, 9.17) is 0 Å². The Labute approximate surface area is 123 Å². The third-order valence-corrected chi connectivity index (χ3v) is 2.78. The predicted octanol–water partition coefficient (Wildman–Crippen LogP) is 2.05. The monoisotopic (exact) mass is 288 g/mol. The van der Waals surface area contributed by atoms with E-state index >= 15 is 0 Å². The number of nitrogens with one attached hydrogen (secondary N) is 3. The molecule has 6 nitrogen and oxygen atoms in total. The molecule has 3 N–H and O–H groups in total. The molecule has 0 radical (unpaired) electrons. The zero-order chi connectivity index (χ0) is 15.5. The van der Waals surface area contributed by atoms with Crippen molar-refractivity contribution in [3.63, 3.8) is 0 Å². The first kappa shape index (κ1) is 15.0. The van der Waals surface area contributed by atoms with Gasteiger partial charge in [-0.15, -0.1) is 0 Å². The Morgan fingerprint density at radius 2 is 1.90 bits per heavy atom. The van der Waals surface area contributed by atoms with Crippen molar-refractivity contribution in [2.45, 2.75) is 27.2 Å². The summed E-state index contributed by atoms with van der Waals surface area (Å²) in [5, 5.41) is 5.23. The van der Waals surface area contributed by atoms with Crippen LogP contribution in [0, 0.1) is 5.41 Å². The van der Waals surface area contributed by atoms with Crippen LogP contribution in [-0.2, 0) is 9.59 Å². The molecule has 0 atom stereocenters. The van der Waals surface area contributed by atoms with Gasteiger partial charge in [0, 0.05) is 6.42 Å². The highest BCUT2D eigenvalue weighted by molar-refractivity contribution is 5.94. The van der Waals surface area contributed by atoms with E-state index in [2.05, 4.69) is 20.6 Å². The number of H-pyrrole nitrogens is 1. The van der Waals surface area contributed by atoms with Crippen LogP contribution in [0.2, 0.25) is 0 Å². The first-order valence-electron chi connectivity index (χ1n) is 6.85. The first-order chi connectivity index (χ1) is 9.83. The molecular weight excluding hydrogens is 268 g/mol. The maximum Gasteiger partial charge on any atom is 0.246 e. The number of hydrogen-bond acceptors (Lipinski definition) is 3. The van der Waals surface area contributed by atoms with Gasteiger partial charge in [-0.1, -0.05) is 32.9 Å². The normalized spacial score (nSPS) is 11.4. The van der Waals surface area contributed by atoms with E-state index < -0.39 is 0 Å². The van der Waals surface area contributed by atoms with Crippen LogP contribution < -0.4 is 10.6 Å². The summed E-state index contributed by atoms with van der Waals surface area (Å²) in [7, 11) is 0. The summed E-state index contributed by atoms with van der Waals surface area (Å²) in [5.41, 5.74) is 1.54. The van der Waals surface area contributed by atoms with Crippen LogP contribution in [0.4, 0.5) is 5.95 Å². The summed E-state index contributed by atoms with van der Waals surface area (Å²) in [6.45, 7) is 5.86. The number of nitrogens with zero attached hydrogens (tertiary/aromatic N) is 1. The number of benzene rings is 1. The molecule has 0 unspecified atom stereocenters. The van der Waals surface area contributed by atoms with Gasteiger partial charge in [-0.2, -0.15) is 0 Å². The number of rotatable bonds is 4. The third kappa shape index (κ3) is 4.59. The molecule has 6 heteroatoms. The SMILES string of the molecule is CC(C)(C)CC(=O)NCC(=O)Nc1nc2ccccc2[nH]1. The topological polar surface area (TPSA) is 86.9 Å². The molecule has 0 saturated carbocycles. The molecule has 1 heterocycles. The first-order valence-corrected chi connectivity index (χ1v) is 6.85. The molecule has 0 aliphatic rings. The van der Waals surface area contributed by atoms with Crippen molar-refractivity contribution in [3.8, 4) is 0 Å². The van der Waals surface area contributed by atoms with E-state index in [9.17, 15) is 9.59 Å². The Hall–Kier alpha value is -2.37. The van der Waals surface area contributed by atoms with Gasteiger partial charge in [0.05, 0.1) is 17.6 Å². The minimum atomic E-state index is -0.309. The van der Waals surface area contributed by atoms with Crippen LogP contribution in [0.15, 0.2) is 24.3 Å². The summed E-state index contributed by atoms with van der Waals surface area (Å²) >= 11 is 0. The van der Waals surface area contributed by atoms with E-state index in [1.54, 1.807) is 0 Å². The number of imidazole rings is 1. The predicted molar refractivity (Wildman–Crippen MR) is 81.8 cm³/mol. The summed E-state index contributed by atoms with van der Waals surface area (Å²) in [6, 6.07) is 7.50. The molecule has 0 aliphatic heterocycles. The van der Waals surface area contributed by atoms with E-state index in [1.165, 1.54) is 0 Å². The fraction of sp³-hybridized carbons (Fsp3) is 0.400. The lowest BCUT2D eigenvalue weighted by atomic mass is 9.92. The van der Waals surface area contributed by atoms with Gasteiger partial charge in [0.15, 0.2) is 0 Å². The molecule has 21 heavy (non-hydrogen) atoms. The molecule has 0 bridgehead atoms. The van der Waals surface area contributed by atoms with E-state index in [1.807, 2.05) is 45.0 Å². The van der Waals surface area contributed by atoms with Gasteiger partial charge >= 0.3 is 0 Å². The number of fused-ring (bicyclic) bond motifs is 1. The van der Waals surface area contributed by atoms with Gasteiger partial charge in [-0.05, 0) is 17.5 Å². The van der Waals surface area contributed by atoms with Gasteiger partial charge < -0.3 is 10.3 Å².